The Morgan fingerprint density at radius 2 is 2.05 bits per heavy atom. The van der Waals surface area contributed by atoms with E-state index in [4.69, 9.17) is 4.42 Å². The SMILES string of the molecule is c1cnc2c(c1)C[n+]1c-2oc2c3ncccc3sc21. The lowest BCUT2D eigenvalue weighted by Gasteiger charge is -1.88. The van der Waals surface area contributed by atoms with Crippen molar-refractivity contribution >= 4 is 32.0 Å². The summed E-state index contributed by atoms with van der Waals surface area (Å²) in [7, 11) is 0. The van der Waals surface area contributed by atoms with E-state index in [-0.39, 0.29) is 0 Å². The van der Waals surface area contributed by atoms with Gasteiger partial charge in [0.1, 0.15) is 5.52 Å². The molecule has 0 saturated heterocycles. The zero-order valence-corrected chi connectivity index (χ0v) is 10.6. The largest absolute Gasteiger partial charge is 0.402 e. The Hall–Kier alpha value is -2.27. The number of oxazole rings is 1. The van der Waals surface area contributed by atoms with Gasteiger partial charge in [-0.15, -0.1) is 4.57 Å². The topological polar surface area (TPSA) is 42.8 Å². The zero-order valence-electron chi connectivity index (χ0n) is 9.83. The fraction of sp³-hybridized carbons (Fsp3) is 0.0714. The first-order chi connectivity index (χ1) is 9.42. The Kier molecular flexibility index (Phi) is 1.62. The second-order valence-corrected chi connectivity index (χ2v) is 5.62. The molecule has 19 heavy (non-hydrogen) atoms. The van der Waals surface area contributed by atoms with E-state index in [2.05, 4.69) is 26.7 Å². The number of fused-ring (bicyclic) bond motifs is 7. The van der Waals surface area contributed by atoms with Gasteiger partial charge in [0, 0.05) is 12.4 Å². The van der Waals surface area contributed by atoms with Gasteiger partial charge in [-0.3, -0.25) is 4.98 Å². The summed E-state index contributed by atoms with van der Waals surface area (Å²) in [5.74, 6) is 0.851. The third-order valence-corrected chi connectivity index (χ3v) is 4.65. The van der Waals surface area contributed by atoms with Crippen molar-refractivity contribution < 1.29 is 8.98 Å². The Morgan fingerprint density at radius 3 is 3.05 bits per heavy atom. The summed E-state index contributed by atoms with van der Waals surface area (Å²) in [6.45, 7) is 0.832. The monoisotopic (exact) mass is 266 g/mol. The smallest absolute Gasteiger partial charge is 0.393 e. The predicted octanol–water partition coefficient (Wildman–Crippen LogP) is 2.75. The zero-order chi connectivity index (χ0) is 12.4. The molecule has 0 spiro atoms. The van der Waals surface area contributed by atoms with Gasteiger partial charge in [-0.2, -0.15) is 0 Å². The molecule has 0 unspecified atom stereocenters. The molecule has 4 aromatic rings. The van der Waals surface area contributed by atoms with E-state index in [0.29, 0.717) is 0 Å². The standard InChI is InChI=1S/C14H8N3OS/c1-3-8-7-17-13(10(8)15-5-1)18-12-11-9(19-14(12)17)4-2-6-16-11/h1-6H,7H2/q+1. The molecule has 90 valence electrons. The minimum absolute atomic E-state index is 0.832. The molecule has 0 bridgehead atoms. The number of thiophene rings is 1. The van der Waals surface area contributed by atoms with Gasteiger partial charge >= 0.3 is 10.7 Å². The number of hydrogen-bond acceptors (Lipinski definition) is 4. The molecule has 1 aliphatic rings. The van der Waals surface area contributed by atoms with E-state index in [9.17, 15) is 0 Å². The van der Waals surface area contributed by atoms with Crippen molar-refractivity contribution in [1.82, 2.24) is 9.97 Å². The maximum Gasteiger partial charge on any atom is 0.402 e. The minimum atomic E-state index is 0.832. The van der Waals surface area contributed by atoms with Crippen LogP contribution in [0.4, 0.5) is 0 Å². The highest BCUT2D eigenvalue weighted by atomic mass is 32.1. The Labute approximate surface area is 112 Å². The highest BCUT2D eigenvalue weighted by Gasteiger charge is 2.36. The number of rotatable bonds is 0. The van der Waals surface area contributed by atoms with E-state index < -0.39 is 0 Å². The van der Waals surface area contributed by atoms with Crippen molar-refractivity contribution in [1.29, 1.82) is 0 Å². The minimum Gasteiger partial charge on any atom is -0.393 e. The first-order valence-corrected chi connectivity index (χ1v) is 6.87. The lowest BCUT2D eigenvalue weighted by molar-refractivity contribution is -0.647. The highest BCUT2D eigenvalue weighted by molar-refractivity contribution is 7.24. The fourth-order valence-corrected chi connectivity index (χ4v) is 3.74. The molecule has 5 heterocycles. The quantitative estimate of drug-likeness (QED) is 0.405. The van der Waals surface area contributed by atoms with Crippen LogP contribution in [0.5, 0.6) is 0 Å². The van der Waals surface area contributed by atoms with Crippen LogP contribution in [0.25, 0.3) is 32.2 Å². The summed E-state index contributed by atoms with van der Waals surface area (Å²) >= 11 is 1.72. The molecule has 0 radical (unpaired) electrons. The molecule has 0 aliphatic carbocycles. The summed E-state index contributed by atoms with van der Waals surface area (Å²) in [6.07, 6.45) is 3.61. The number of pyridine rings is 2. The average molecular weight is 266 g/mol. The van der Waals surface area contributed by atoms with Crippen LogP contribution in [0.1, 0.15) is 5.56 Å². The maximum absolute atomic E-state index is 6.04. The highest BCUT2D eigenvalue weighted by Crippen LogP contribution is 2.36. The Bertz CT molecular complexity index is 954. The van der Waals surface area contributed by atoms with E-state index in [1.807, 2.05) is 18.3 Å². The molecule has 0 N–H and O–H groups in total. The van der Waals surface area contributed by atoms with Crippen molar-refractivity contribution in [3.05, 3.63) is 42.2 Å². The number of nitrogens with zero attached hydrogens (tertiary/aromatic N) is 3. The van der Waals surface area contributed by atoms with Gasteiger partial charge in [0.2, 0.25) is 5.58 Å². The molecule has 1 aliphatic heterocycles. The van der Waals surface area contributed by atoms with E-state index in [1.165, 1.54) is 5.56 Å². The van der Waals surface area contributed by atoms with E-state index >= 15 is 0 Å². The lowest BCUT2D eigenvalue weighted by atomic mass is 10.2. The van der Waals surface area contributed by atoms with E-state index in [1.54, 1.807) is 17.5 Å². The van der Waals surface area contributed by atoms with Crippen LogP contribution in [0.2, 0.25) is 0 Å². The van der Waals surface area contributed by atoms with Gasteiger partial charge in [0.05, 0.1) is 10.3 Å². The van der Waals surface area contributed by atoms with Crippen LogP contribution in [-0.4, -0.2) is 9.97 Å². The second-order valence-electron chi connectivity index (χ2n) is 4.59. The molecule has 0 saturated carbocycles. The summed E-state index contributed by atoms with van der Waals surface area (Å²) in [5, 5.41) is 0. The van der Waals surface area contributed by atoms with Gasteiger partial charge in [-0.05, 0) is 24.3 Å². The van der Waals surface area contributed by atoms with Crippen molar-refractivity contribution in [2.24, 2.45) is 0 Å². The molecular weight excluding hydrogens is 258 g/mol. The van der Waals surface area contributed by atoms with Crippen molar-refractivity contribution in [3.8, 4) is 11.6 Å². The third-order valence-electron chi connectivity index (χ3n) is 3.50. The van der Waals surface area contributed by atoms with Crippen LogP contribution < -0.4 is 4.57 Å². The van der Waals surface area contributed by atoms with Crippen LogP contribution in [-0.2, 0) is 6.54 Å². The molecule has 4 aromatic heterocycles. The van der Waals surface area contributed by atoms with Gasteiger partial charge in [0.15, 0.2) is 12.2 Å². The van der Waals surface area contributed by atoms with Gasteiger partial charge in [-0.25, -0.2) is 4.98 Å². The van der Waals surface area contributed by atoms with Crippen molar-refractivity contribution in [2.45, 2.75) is 6.54 Å². The summed E-state index contributed by atoms with van der Waals surface area (Å²) in [6, 6.07) is 8.10. The lowest BCUT2D eigenvalue weighted by Crippen LogP contribution is -2.29. The predicted molar refractivity (Wildman–Crippen MR) is 71.9 cm³/mol. The van der Waals surface area contributed by atoms with Crippen molar-refractivity contribution in [3.63, 3.8) is 0 Å². The molecule has 0 aromatic carbocycles. The van der Waals surface area contributed by atoms with Crippen LogP contribution in [0, 0.1) is 0 Å². The maximum atomic E-state index is 6.04. The van der Waals surface area contributed by atoms with Crippen LogP contribution >= 0.6 is 11.3 Å². The molecule has 5 rings (SSSR count). The molecule has 5 heteroatoms. The van der Waals surface area contributed by atoms with Crippen LogP contribution in [0.3, 0.4) is 0 Å². The summed E-state index contributed by atoms with van der Waals surface area (Å²) in [4.78, 5) is 9.99. The van der Waals surface area contributed by atoms with Crippen molar-refractivity contribution in [2.75, 3.05) is 0 Å². The normalized spacial score (nSPS) is 13.1. The Morgan fingerprint density at radius 1 is 1.16 bits per heavy atom. The van der Waals surface area contributed by atoms with Gasteiger partial charge in [0.25, 0.3) is 0 Å². The number of hydrogen-bond donors (Lipinski definition) is 0. The Balaban J connectivity index is 1.93. The summed E-state index contributed by atoms with van der Waals surface area (Å²) in [5.41, 5.74) is 4.00. The van der Waals surface area contributed by atoms with Crippen LogP contribution in [0.15, 0.2) is 41.1 Å². The average Bonchev–Trinajstić information content (AvgIpc) is 3.07. The van der Waals surface area contributed by atoms with E-state index in [0.717, 1.165) is 38.8 Å². The molecule has 0 fully saturated rings. The fourth-order valence-electron chi connectivity index (χ4n) is 2.66. The third kappa shape index (κ3) is 1.11. The molecular formula is C14H8N3OS+. The first-order valence-electron chi connectivity index (χ1n) is 6.06. The molecule has 0 amide bonds. The van der Waals surface area contributed by atoms with Gasteiger partial charge in [-0.1, -0.05) is 11.3 Å². The summed E-state index contributed by atoms with van der Waals surface area (Å²) < 4.78 is 9.39. The molecule has 4 nitrogen and oxygen atoms in total. The molecule has 0 atom stereocenters. The second kappa shape index (κ2) is 3.19. The first kappa shape index (κ1) is 9.63. The number of aromatic nitrogens is 3. The van der Waals surface area contributed by atoms with Gasteiger partial charge < -0.3 is 4.42 Å².